The molecule has 0 radical (unpaired) electrons. The second-order valence-electron chi connectivity index (χ2n) is 10.4. The van der Waals surface area contributed by atoms with Crippen LogP contribution in [-0.2, 0) is 26.2 Å². The van der Waals surface area contributed by atoms with Gasteiger partial charge >= 0.3 is 0 Å². The Hall–Kier alpha value is -2.78. The molecular weight excluding hydrogens is 617 g/mol. The zero-order chi connectivity index (χ0) is 30.4. The van der Waals surface area contributed by atoms with Gasteiger partial charge in [-0.1, -0.05) is 78.8 Å². The van der Waals surface area contributed by atoms with Gasteiger partial charge in [-0.25, -0.2) is 8.42 Å². The van der Waals surface area contributed by atoms with Crippen molar-refractivity contribution < 1.29 is 18.0 Å². The second-order valence-corrected chi connectivity index (χ2v) is 13.5. The van der Waals surface area contributed by atoms with E-state index in [-0.39, 0.29) is 23.4 Å². The van der Waals surface area contributed by atoms with Crippen LogP contribution in [0.25, 0.3) is 0 Å². The van der Waals surface area contributed by atoms with E-state index >= 15 is 0 Å². The number of nitrogens with one attached hydrogen (secondary N) is 1. The van der Waals surface area contributed by atoms with Crippen LogP contribution in [0.4, 0.5) is 5.69 Å². The fourth-order valence-corrected chi connectivity index (χ4v) is 7.35. The van der Waals surface area contributed by atoms with E-state index in [1.807, 2.05) is 6.92 Å². The summed E-state index contributed by atoms with van der Waals surface area (Å²) in [6.45, 7) is 2.97. The Bertz CT molecular complexity index is 1510. The number of para-hydroxylation sites is 1. The van der Waals surface area contributed by atoms with E-state index in [1.165, 1.54) is 29.2 Å². The summed E-state index contributed by atoms with van der Waals surface area (Å²) >= 11 is 19.0. The Balaban J connectivity index is 1.75. The monoisotopic (exact) mass is 649 g/mol. The highest BCUT2D eigenvalue weighted by molar-refractivity contribution is 7.92. The van der Waals surface area contributed by atoms with Gasteiger partial charge in [-0.05, 0) is 74.2 Å². The highest BCUT2D eigenvalue weighted by Crippen LogP contribution is 2.30. The van der Waals surface area contributed by atoms with Gasteiger partial charge in [-0.3, -0.25) is 13.9 Å². The number of carbonyl (C=O) groups excluding carboxylic acids is 2. The third-order valence-electron chi connectivity index (χ3n) is 7.54. The predicted molar refractivity (Wildman–Crippen MR) is 169 cm³/mol. The molecule has 224 valence electrons. The fraction of sp³-hybridized carbons (Fsp3) is 0.355. The van der Waals surface area contributed by atoms with E-state index in [1.54, 1.807) is 49.4 Å². The van der Waals surface area contributed by atoms with E-state index in [4.69, 9.17) is 34.8 Å². The van der Waals surface area contributed by atoms with Crippen LogP contribution < -0.4 is 9.62 Å². The Morgan fingerprint density at radius 3 is 2.14 bits per heavy atom. The average molecular weight is 651 g/mol. The summed E-state index contributed by atoms with van der Waals surface area (Å²) in [5.74, 6) is -0.857. The molecule has 0 bridgehead atoms. The molecule has 1 aliphatic carbocycles. The van der Waals surface area contributed by atoms with E-state index in [0.717, 1.165) is 30.0 Å². The zero-order valence-corrected chi connectivity index (χ0v) is 26.6. The summed E-state index contributed by atoms with van der Waals surface area (Å²) in [6.07, 6.45) is 4.14. The van der Waals surface area contributed by atoms with Crippen molar-refractivity contribution in [3.05, 3.63) is 92.9 Å². The van der Waals surface area contributed by atoms with Crippen molar-refractivity contribution in [2.75, 3.05) is 10.8 Å². The third kappa shape index (κ3) is 7.40. The molecular formula is C31H34Cl3N3O4S. The largest absolute Gasteiger partial charge is 0.352 e. The van der Waals surface area contributed by atoms with Crippen molar-refractivity contribution in [1.82, 2.24) is 10.2 Å². The number of hydrogen-bond acceptors (Lipinski definition) is 4. The Labute approximate surface area is 262 Å². The number of aryl methyl sites for hydroxylation is 1. The van der Waals surface area contributed by atoms with Crippen LogP contribution in [-0.4, -0.2) is 43.8 Å². The van der Waals surface area contributed by atoms with Crippen molar-refractivity contribution in [1.29, 1.82) is 0 Å². The van der Waals surface area contributed by atoms with Crippen molar-refractivity contribution in [3.63, 3.8) is 0 Å². The zero-order valence-electron chi connectivity index (χ0n) is 23.5. The number of sulfonamides is 1. The topological polar surface area (TPSA) is 86.8 Å². The standard InChI is InChI=1S/C31H34Cl3N3O4S/c1-3-28(31(39)35-23-10-5-6-11-23)36(19-25-26(33)12-8-13-27(25)34)30(38)20-37(29-14-7-4-9-21(29)2)42(40,41)24-17-15-22(32)16-18-24/h4,7-9,12-18,23,28H,3,5-6,10-11,19-20H2,1-2H3,(H,35,39). The molecule has 42 heavy (non-hydrogen) atoms. The quantitative estimate of drug-likeness (QED) is 0.242. The lowest BCUT2D eigenvalue weighted by Crippen LogP contribution is -2.53. The molecule has 1 saturated carbocycles. The van der Waals surface area contributed by atoms with Gasteiger partial charge in [0.2, 0.25) is 11.8 Å². The number of nitrogens with zero attached hydrogens (tertiary/aromatic N) is 2. The molecule has 3 aromatic carbocycles. The third-order valence-corrected chi connectivity index (χ3v) is 10.3. The van der Waals surface area contributed by atoms with Crippen LogP contribution in [0.2, 0.25) is 15.1 Å². The number of anilines is 1. The number of benzene rings is 3. The predicted octanol–water partition coefficient (Wildman–Crippen LogP) is 7.02. The maximum absolute atomic E-state index is 14.3. The number of hydrogen-bond donors (Lipinski definition) is 1. The van der Waals surface area contributed by atoms with Gasteiger partial charge in [0.25, 0.3) is 10.0 Å². The molecule has 0 spiro atoms. The molecule has 0 aliphatic heterocycles. The van der Waals surface area contributed by atoms with Gasteiger partial charge in [0.05, 0.1) is 10.6 Å². The first-order chi connectivity index (χ1) is 20.0. The van der Waals surface area contributed by atoms with Gasteiger partial charge in [0, 0.05) is 33.2 Å². The van der Waals surface area contributed by atoms with E-state index in [0.29, 0.717) is 38.3 Å². The van der Waals surface area contributed by atoms with Crippen LogP contribution in [0.1, 0.15) is 50.2 Å². The van der Waals surface area contributed by atoms with Gasteiger partial charge in [0.1, 0.15) is 12.6 Å². The first-order valence-corrected chi connectivity index (χ1v) is 16.5. The maximum atomic E-state index is 14.3. The molecule has 2 amide bonds. The highest BCUT2D eigenvalue weighted by Gasteiger charge is 2.35. The molecule has 4 rings (SSSR count). The summed E-state index contributed by atoms with van der Waals surface area (Å²) in [7, 11) is -4.21. The second kappa shape index (κ2) is 14.1. The molecule has 1 atom stereocenters. The van der Waals surface area contributed by atoms with Crippen LogP contribution >= 0.6 is 34.8 Å². The smallest absolute Gasteiger partial charge is 0.264 e. The van der Waals surface area contributed by atoms with E-state index in [9.17, 15) is 18.0 Å². The molecule has 1 fully saturated rings. The van der Waals surface area contributed by atoms with Crippen molar-refractivity contribution in [3.8, 4) is 0 Å². The lowest BCUT2D eigenvalue weighted by molar-refractivity contribution is -0.140. The summed E-state index contributed by atoms with van der Waals surface area (Å²) in [5, 5.41) is 4.16. The van der Waals surface area contributed by atoms with Crippen LogP contribution in [0.15, 0.2) is 71.6 Å². The van der Waals surface area contributed by atoms with Crippen LogP contribution in [0.3, 0.4) is 0 Å². The molecule has 0 aromatic heterocycles. The normalized spacial score (nSPS) is 14.4. The molecule has 1 unspecified atom stereocenters. The first kappa shape index (κ1) is 32.1. The Kier molecular flexibility index (Phi) is 10.8. The average Bonchev–Trinajstić information content (AvgIpc) is 3.46. The van der Waals surface area contributed by atoms with E-state index in [2.05, 4.69) is 5.32 Å². The van der Waals surface area contributed by atoms with E-state index < -0.39 is 28.5 Å². The molecule has 1 N–H and O–H groups in total. The number of carbonyl (C=O) groups is 2. The Morgan fingerprint density at radius 2 is 1.55 bits per heavy atom. The van der Waals surface area contributed by atoms with Gasteiger partial charge in [-0.15, -0.1) is 0 Å². The van der Waals surface area contributed by atoms with Crippen LogP contribution in [0.5, 0.6) is 0 Å². The van der Waals surface area contributed by atoms with Gasteiger partial charge in [0.15, 0.2) is 0 Å². The Morgan fingerprint density at radius 1 is 0.929 bits per heavy atom. The minimum Gasteiger partial charge on any atom is -0.352 e. The van der Waals surface area contributed by atoms with Gasteiger partial charge in [-0.2, -0.15) is 0 Å². The van der Waals surface area contributed by atoms with Crippen molar-refractivity contribution >= 4 is 62.3 Å². The minimum atomic E-state index is -4.21. The first-order valence-electron chi connectivity index (χ1n) is 13.9. The summed E-state index contributed by atoms with van der Waals surface area (Å²) in [6, 6.07) is 16.9. The lowest BCUT2D eigenvalue weighted by atomic mass is 10.1. The highest BCUT2D eigenvalue weighted by atomic mass is 35.5. The molecule has 3 aromatic rings. The van der Waals surface area contributed by atoms with Crippen LogP contribution in [0, 0.1) is 6.92 Å². The molecule has 0 heterocycles. The van der Waals surface area contributed by atoms with Gasteiger partial charge < -0.3 is 10.2 Å². The molecule has 11 heteroatoms. The fourth-order valence-electron chi connectivity index (χ4n) is 5.23. The minimum absolute atomic E-state index is 0.0188. The summed E-state index contributed by atoms with van der Waals surface area (Å²) in [5.41, 5.74) is 1.49. The molecule has 7 nitrogen and oxygen atoms in total. The number of amides is 2. The maximum Gasteiger partial charge on any atom is 0.264 e. The number of rotatable bonds is 11. The van der Waals surface area contributed by atoms with Crippen molar-refractivity contribution in [2.45, 2.75) is 69.5 Å². The summed E-state index contributed by atoms with van der Waals surface area (Å²) in [4.78, 5) is 29.2. The SMILES string of the molecule is CCC(C(=O)NC1CCCC1)N(Cc1c(Cl)cccc1Cl)C(=O)CN(c1ccccc1C)S(=O)(=O)c1ccc(Cl)cc1. The number of halogens is 3. The summed E-state index contributed by atoms with van der Waals surface area (Å²) < 4.78 is 29.1. The molecule has 1 aliphatic rings. The molecule has 0 saturated heterocycles. The lowest BCUT2D eigenvalue weighted by Gasteiger charge is -2.34. The van der Waals surface area contributed by atoms with Crippen molar-refractivity contribution in [2.24, 2.45) is 0 Å².